The number of hydrogen-bond acceptors (Lipinski definition) is 2. The van der Waals surface area contributed by atoms with E-state index in [9.17, 15) is 0 Å². The second-order valence-corrected chi connectivity index (χ2v) is 6.03. The highest BCUT2D eigenvalue weighted by molar-refractivity contribution is 5.32. The Kier molecular flexibility index (Phi) is 4.41. The van der Waals surface area contributed by atoms with Gasteiger partial charge in [-0.15, -0.1) is 0 Å². The summed E-state index contributed by atoms with van der Waals surface area (Å²) in [5.74, 6) is 0.632. The lowest BCUT2D eigenvalue weighted by atomic mass is 9.82. The van der Waals surface area contributed by atoms with Crippen molar-refractivity contribution in [3.05, 3.63) is 35.4 Å². The van der Waals surface area contributed by atoms with E-state index >= 15 is 0 Å². The molecule has 1 unspecified atom stereocenters. The van der Waals surface area contributed by atoms with Gasteiger partial charge < -0.3 is 10.4 Å². The molecule has 0 spiro atoms. The Balaban J connectivity index is 1.99. The Morgan fingerprint density at radius 3 is 2.89 bits per heavy atom. The molecule has 0 radical (unpaired) electrons. The lowest BCUT2D eigenvalue weighted by Gasteiger charge is -2.31. The quantitative estimate of drug-likeness (QED) is 0.838. The van der Waals surface area contributed by atoms with E-state index in [4.69, 9.17) is 5.11 Å². The van der Waals surface area contributed by atoms with Crippen LogP contribution in [0.25, 0.3) is 0 Å². The second-order valence-electron chi connectivity index (χ2n) is 6.03. The molecule has 18 heavy (non-hydrogen) atoms. The van der Waals surface area contributed by atoms with E-state index in [0.717, 1.165) is 13.0 Å². The minimum atomic E-state index is 0.0289. The molecule has 0 saturated carbocycles. The second kappa shape index (κ2) is 5.85. The first-order valence-electron chi connectivity index (χ1n) is 7.06. The molecule has 1 aromatic rings. The fourth-order valence-corrected chi connectivity index (χ4v) is 2.83. The van der Waals surface area contributed by atoms with Gasteiger partial charge in [0, 0.05) is 18.7 Å². The molecule has 1 aliphatic rings. The number of aryl methyl sites for hydroxylation is 1. The highest BCUT2D eigenvalue weighted by Gasteiger charge is 2.23. The van der Waals surface area contributed by atoms with Gasteiger partial charge in [-0.3, -0.25) is 0 Å². The van der Waals surface area contributed by atoms with Crippen LogP contribution in [0.5, 0.6) is 0 Å². The fourth-order valence-electron chi connectivity index (χ4n) is 2.83. The molecule has 2 N–H and O–H groups in total. The SMILES string of the molecule is CC(C)(CCO)NCC1CCCc2ccccc21. The molecule has 0 saturated heterocycles. The van der Waals surface area contributed by atoms with E-state index in [1.807, 2.05) is 0 Å². The highest BCUT2D eigenvalue weighted by Crippen LogP contribution is 2.31. The molecular formula is C16H25NO. The number of nitrogens with one attached hydrogen (secondary N) is 1. The van der Waals surface area contributed by atoms with Crippen molar-refractivity contribution in [2.24, 2.45) is 0 Å². The Bertz CT molecular complexity index is 386. The minimum Gasteiger partial charge on any atom is -0.396 e. The van der Waals surface area contributed by atoms with Gasteiger partial charge in [-0.2, -0.15) is 0 Å². The standard InChI is InChI=1S/C16H25NO/c1-16(2,10-11-18)17-12-14-8-5-7-13-6-3-4-9-15(13)14/h3-4,6,9,14,17-18H,5,7-8,10-12H2,1-2H3. The average molecular weight is 247 g/mol. The van der Waals surface area contributed by atoms with E-state index in [0.29, 0.717) is 5.92 Å². The lowest BCUT2D eigenvalue weighted by molar-refractivity contribution is 0.228. The number of fused-ring (bicyclic) bond motifs is 1. The first-order valence-corrected chi connectivity index (χ1v) is 7.06. The van der Waals surface area contributed by atoms with Crippen molar-refractivity contribution >= 4 is 0 Å². The molecule has 100 valence electrons. The molecule has 0 amide bonds. The maximum absolute atomic E-state index is 9.06. The Labute approximate surface area is 110 Å². The van der Waals surface area contributed by atoms with E-state index in [1.165, 1.54) is 30.4 Å². The van der Waals surface area contributed by atoms with Crippen molar-refractivity contribution in [2.45, 2.75) is 51.0 Å². The monoisotopic (exact) mass is 247 g/mol. The van der Waals surface area contributed by atoms with Gasteiger partial charge in [0.2, 0.25) is 0 Å². The summed E-state index contributed by atoms with van der Waals surface area (Å²) in [6.45, 7) is 5.60. The molecular weight excluding hydrogens is 222 g/mol. The topological polar surface area (TPSA) is 32.3 Å². The average Bonchev–Trinajstić information content (AvgIpc) is 2.36. The summed E-state index contributed by atoms with van der Waals surface area (Å²) in [6, 6.07) is 8.83. The van der Waals surface area contributed by atoms with Crippen LogP contribution in [0.1, 0.15) is 50.2 Å². The minimum absolute atomic E-state index is 0.0289. The number of aliphatic hydroxyl groups is 1. The summed E-state index contributed by atoms with van der Waals surface area (Å²) in [7, 11) is 0. The Hall–Kier alpha value is -0.860. The van der Waals surface area contributed by atoms with Crippen molar-refractivity contribution < 1.29 is 5.11 Å². The van der Waals surface area contributed by atoms with Crippen molar-refractivity contribution in [3.63, 3.8) is 0 Å². The zero-order chi connectivity index (χ0) is 13.0. The third kappa shape index (κ3) is 3.33. The normalized spacial score (nSPS) is 19.6. The van der Waals surface area contributed by atoms with Gasteiger partial charge in [0.25, 0.3) is 0 Å². The molecule has 1 atom stereocenters. The van der Waals surface area contributed by atoms with Crippen molar-refractivity contribution in [1.82, 2.24) is 5.32 Å². The molecule has 0 aliphatic heterocycles. The van der Waals surface area contributed by atoms with Gasteiger partial charge in [-0.25, -0.2) is 0 Å². The van der Waals surface area contributed by atoms with Crippen LogP contribution in [-0.4, -0.2) is 23.8 Å². The zero-order valence-corrected chi connectivity index (χ0v) is 11.6. The van der Waals surface area contributed by atoms with Gasteiger partial charge >= 0.3 is 0 Å². The molecule has 0 bridgehead atoms. The predicted octanol–water partition coefficient (Wildman–Crippen LogP) is 2.86. The van der Waals surface area contributed by atoms with E-state index in [-0.39, 0.29) is 12.1 Å². The number of rotatable bonds is 5. The van der Waals surface area contributed by atoms with Crippen LogP contribution in [0.15, 0.2) is 24.3 Å². The van der Waals surface area contributed by atoms with E-state index in [2.05, 4.69) is 43.4 Å². The molecule has 0 aromatic heterocycles. The summed E-state index contributed by atoms with van der Waals surface area (Å²) in [6.07, 6.45) is 4.61. The molecule has 2 heteroatoms. The van der Waals surface area contributed by atoms with Gasteiger partial charge in [0.15, 0.2) is 0 Å². The zero-order valence-electron chi connectivity index (χ0n) is 11.6. The van der Waals surface area contributed by atoms with Crippen molar-refractivity contribution in [2.75, 3.05) is 13.2 Å². The molecule has 0 heterocycles. The molecule has 2 rings (SSSR count). The van der Waals surface area contributed by atoms with Crippen LogP contribution in [0.3, 0.4) is 0 Å². The Morgan fingerprint density at radius 2 is 2.11 bits per heavy atom. The molecule has 0 fully saturated rings. The molecule has 2 nitrogen and oxygen atoms in total. The van der Waals surface area contributed by atoms with Crippen LogP contribution >= 0.6 is 0 Å². The molecule has 1 aliphatic carbocycles. The third-order valence-electron chi connectivity index (χ3n) is 4.06. The summed E-state index contributed by atoms with van der Waals surface area (Å²) in [5, 5.41) is 12.7. The summed E-state index contributed by atoms with van der Waals surface area (Å²) in [4.78, 5) is 0. The van der Waals surface area contributed by atoms with Gasteiger partial charge in [0.05, 0.1) is 0 Å². The molecule has 1 aromatic carbocycles. The van der Waals surface area contributed by atoms with Crippen LogP contribution < -0.4 is 5.32 Å². The van der Waals surface area contributed by atoms with Gasteiger partial charge in [-0.1, -0.05) is 24.3 Å². The third-order valence-corrected chi connectivity index (χ3v) is 4.06. The number of aliphatic hydroxyl groups excluding tert-OH is 1. The maximum Gasteiger partial charge on any atom is 0.0448 e. The van der Waals surface area contributed by atoms with Crippen LogP contribution in [0.4, 0.5) is 0 Å². The maximum atomic E-state index is 9.06. The largest absolute Gasteiger partial charge is 0.396 e. The van der Waals surface area contributed by atoms with Gasteiger partial charge in [-0.05, 0) is 56.6 Å². The predicted molar refractivity (Wildman–Crippen MR) is 75.9 cm³/mol. The summed E-state index contributed by atoms with van der Waals surface area (Å²) >= 11 is 0. The van der Waals surface area contributed by atoms with Crippen LogP contribution in [0, 0.1) is 0 Å². The number of benzene rings is 1. The smallest absolute Gasteiger partial charge is 0.0448 e. The van der Waals surface area contributed by atoms with Crippen LogP contribution in [-0.2, 0) is 6.42 Å². The van der Waals surface area contributed by atoms with Crippen molar-refractivity contribution in [1.29, 1.82) is 0 Å². The van der Waals surface area contributed by atoms with Gasteiger partial charge in [0.1, 0.15) is 0 Å². The first kappa shape index (κ1) is 13.6. The van der Waals surface area contributed by atoms with Crippen molar-refractivity contribution in [3.8, 4) is 0 Å². The number of hydrogen-bond donors (Lipinski definition) is 2. The summed E-state index contributed by atoms with van der Waals surface area (Å²) in [5.41, 5.74) is 3.08. The Morgan fingerprint density at radius 1 is 1.33 bits per heavy atom. The van der Waals surface area contributed by atoms with E-state index in [1.54, 1.807) is 0 Å². The highest BCUT2D eigenvalue weighted by atomic mass is 16.3. The van der Waals surface area contributed by atoms with Crippen LogP contribution in [0.2, 0.25) is 0 Å². The summed E-state index contributed by atoms with van der Waals surface area (Å²) < 4.78 is 0. The lowest BCUT2D eigenvalue weighted by Crippen LogP contribution is -2.42. The fraction of sp³-hybridized carbons (Fsp3) is 0.625. The first-order chi connectivity index (χ1) is 8.62. The van der Waals surface area contributed by atoms with E-state index < -0.39 is 0 Å².